The Kier molecular flexibility index (Phi) is 5.93. The van der Waals surface area contributed by atoms with Crippen molar-refractivity contribution in [3.63, 3.8) is 0 Å². The fourth-order valence-electron chi connectivity index (χ4n) is 2.02. The lowest BCUT2D eigenvalue weighted by molar-refractivity contribution is 0.387. The summed E-state index contributed by atoms with van der Waals surface area (Å²) in [5, 5.41) is 3.31. The van der Waals surface area contributed by atoms with E-state index < -0.39 is 5.82 Å². The first-order valence-electron chi connectivity index (χ1n) is 6.83. The number of benzene rings is 1. The first kappa shape index (κ1) is 15.6. The Bertz CT molecular complexity index is 407. The smallest absolute Gasteiger partial charge is 0.167 e. The summed E-state index contributed by atoms with van der Waals surface area (Å²) in [6.07, 6.45) is 3.45. The predicted molar refractivity (Wildman–Crippen MR) is 79.1 cm³/mol. The molecule has 0 aliphatic carbocycles. The molecule has 0 saturated carbocycles. The van der Waals surface area contributed by atoms with Gasteiger partial charge in [0.25, 0.3) is 0 Å². The Morgan fingerprint density at radius 3 is 2.53 bits per heavy atom. The topological polar surface area (TPSA) is 47.3 Å². The number of hydrogen-bond donors (Lipinski definition) is 2. The van der Waals surface area contributed by atoms with Crippen molar-refractivity contribution in [3.05, 3.63) is 17.9 Å². The van der Waals surface area contributed by atoms with E-state index in [1.807, 2.05) is 0 Å². The van der Waals surface area contributed by atoms with Crippen LogP contribution in [0.3, 0.4) is 0 Å². The molecule has 0 aliphatic heterocycles. The van der Waals surface area contributed by atoms with Gasteiger partial charge in [-0.25, -0.2) is 4.39 Å². The molecule has 0 radical (unpaired) electrons. The summed E-state index contributed by atoms with van der Waals surface area (Å²) in [7, 11) is 1.45. The van der Waals surface area contributed by atoms with E-state index in [4.69, 9.17) is 10.5 Å². The van der Waals surface area contributed by atoms with Gasteiger partial charge < -0.3 is 15.8 Å². The van der Waals surface area contributed by atoms with Gasteiger partial charge in [-0.15, -0.1) is 0 Å². The number of methoxy groups -OCH3 is 1. The van der Waals surface area contributed by atoms with E-state index in [-0.39, 0.29) is 5.75 Å². The van der Waals surface area contributed by atoms with Gasteiger partial charge in [0.05, 0.1) is 18.5 Å². The molecular weight excluding hydrogens is 243 g/mol. The minimum absolute atomic E-state index is 0.214. The summed E-state index contributed by atoms with van der Waals surface area (Å²) in [5.74, 6) is 0.507. The van der Waals surface area contributed by atoms with Crippen molar-refractivity contribution < 1.29 is 9.13 Å². The molecule has 0 bridgehead atoms. The molecule has 0 amide bonds. The second kappa shape index (κ2) is 7.22. The van der Waals surface area contributed by atoms with Gasteiger partial charge in [0.2, 0.25) is 0 Å². The van der Waals surface area contributed by atoms with Crippen LogP contribution in [0.5, 0.6) is 5.75 Å². The SMILES string of the molecule is COc1cc(NC(C)CCCC(C)C)c(N)cc1F. The van der Waals surface area contributed by atoms with Crippen molar-refractivity contribution in [3.8, 4) is 5.75 Å². The Morgan fingerprint density at radius 1 is 1.26 bits per heavy atom. The minimum atomic E-state index is -0.432. The molecule has 4 heteroatoms. The lowest BCUT2D eigenvalue weighted by Crippen LogP contribution is -2.16. The monoisotopic (exact) mass is 268 g/mol. The van der Waals surface area contributed by atoms with Gasteiger partial charge in [0, 0.05) is 18.2 Å². The maximum Gasteiger partial charge on any atom is 0.167 e. The largest absolute Gasteiger partial charge is 0.494 e. The average molecular weight is 268 g/mol. The molecule has 0 aromatic heterocycles. The summed E-state index contributed by atoms with van der Waals surface area (Å²) in [6, 6.07) is 3.21. The number of nitrogens with two attached hydrogens (primary N) is 1. The van der Waals surface area contributed by atoms with E-state index in [1.165, 1.54) is 26.0 Å². The molecule has 1 atom stereocenters. The van der Waals surface area contributed by atoms with Crippen LogP contribution in [0.25, 0.3) is 0 Å². The zero-order valence-electron chi connectivity index (χ0n) is 12.3. The molecule has 1 aromatic carbocycles. The third-order valence-corrected chi connectivity index (χ3v) is 3.14. The highest BCUT2D eigenvalue weighted by Crippen LogP contribution is 2.28. The van der Waals surface area contributed by atoms with Crippen molar-refractivity contribution in [1.82, 2.24) is 0 Å². The second-order valence-corrected chi connectivity index (χ2v) is 5.44. The van der Waals surface area contributed by atoms with Crippen LogP contribution in [0, 0.1) is 11.7 Å². The van der Waals surface area contributed by atoms with Gasteiger partial charge in [0.1, 0.15) is 0 Å². The normalized spacial score (nSPS) is 12.5. The zero-order chi connectivity index (χ0) is 14.4. The molecule has 1 aromatic rings. The molecule has 3 N–H and O–H groups in total. The summed E-state index contributed by atoms with van der Waals surface area (Å²) in [6.45, 7) is 6.55. The maximum atomic E-state index is 13.4. The first-order valence-corrected chi connectivity index (χ1v) is 6.83. The van der Waals surface area contributed by atoms with Crippen LogP contribution < -0.4 is 15.8 Å². The van der Waals surface area contributed by atoms with E-state index in [9.17, 15) is 4.39 Å². The molecule has 1 unspecified atom stereocenters. The van der Waals surface area contributed by atoms with Crippen LogP contribution in [-0.2, 0) is 0 Å². The predicted octanol–water partition coefficient (Wildman–Crippen LogP) is 4.04. The van der Waals surface area contributed by atoms with Crippen LogP contribution in [0.15, 0.2) is 12.1 Å². The molecule has 108 valence electrons. The number of halogens is 1. The van der Waals surface area contributed by atoms with Crippen LogP contribution >= 0.6 is 0 Å². The van der Waals surface area contributed by atoms with E-state index in [1.54, 1.807) is 6.07 Å². The van der Waals surface area contributed by atoms with Crippen LogP contribution in [-0.4, -0.2) is 13.2 Å². The van der Waals surface area contributed by atoms with Gasteiger partial charge in [-0.05, 0) is 19.3 Å². The molecule has 0 fully saturated rings. The fourth-order valence-corrected chi connectivity index (χ4v) is 2.02. The van der Waals surface area contributed by atoms with Crippen molar-refractivity contribution in [2.75, 3.05) is 18.2 Å². The van der Waals surface area contributed by atoms with Gasteiger partial charge in [-0.1, -0.05) is 26.7 Å². The van der Waals surface area contributed by atoms with Gasteiger partial charge in [0.15, 0.2) is 11.6 Å². The Morgan fingerprint density at radius 2 is 1.95 bits per heavy atom. The number of nitrogen functional groups attached to an aromatic ring is 1. The lowest BCUT2D eigenvalue weighted by atomic mass is 10.0. The van der Waals surface area contributed by atoms with Gasteiger partial charge in [-0.2, -0.15) is 0 Å². The fraction of sp³-hybridized carbons (Fsp3) is 0.600. The number of rotatable bonds is 7. The number of hydrogen-bond acceptors (Lipinski definition) is 3. The Balaban J connectivity index is 2.60. The van der Waals surface area contributed by atoms with Gasteiger partial charge in [-0.3, -0.25) is 0 Å². The van der Waals surface area contributed by atoms with Gasteiger partial charge >= 0.3 is 0 Å². The highest BCUT2D eigenvalue weighted by atomic mass is 19.1. The average Bonchev–Trinajstić information content (AvgIpc) is 2.32. The van der Waals surface area contributed by atoms with E-state index in [0.717, 1.165) is 18.0 Å². The second-order valence-electron chi connectivity index (χ2n) is 5.44. The highest BCUT2D eigenvalue weighted by molar-refractivity contribution is 5.68. The number of nitrogens with one attached hydrogen (secondary N) is 1. The van der Waals surface area contributed by atoms with Crippen molar-refractivity contribution in [1.29, 1.82) is 0 Å². The van der Waals surface area contributed by atoms with E-state index >= 15 is 0 Å². The molecule has 0 heterocycles. The molecule has 0 saturated heterocycles. The summed E-state index contributed by atoms with van der Waals surface area (Å²) < 4.78 is 18.4. The standard InChI is InChI=1S/C15H25FN2O/c1-10(2)6-5-7-11(3)18-14-9-15(19-4)12(16)8-13(14)17/h8-11,18H,5-7,17H2,1-4H3. The quantitative estimate of drug-likeness (QED) is 0.734. The van der Waals surface area contributed by atoms with E-state index in [2.05, 4.69) is 26.1 Å². The molecule has 0 aliphatic rings. The van der Waals surface area contributed by atoms with E-state index in [0.29, 0.717) is 11.7 Å². The lowest BCUT2D eigenvalue weighted by Gasteiger charge is -2.18. The van der Waals surface area contributed by atoms with Crippen molar-refractivity contribution in [2.24, 2.45) is 5.92 Å². The molecule has 0 spiro atoms. The van der Waals surface area contributed by atoms with Crippen molar-refractivity contribution >= 4 is 11.4 Å². The minimum Gasteiger partial charge on any atom is -0.494 e. The van der Waals surface area contributed by atoms with Crippen LogP contribution in [0.1, 0.15) is 40.0 Å². The first-order chi connectivity index (χ1) is 8.93. The number of ether oxygens (including phenoxy) is 1. The third-order valence-electron chi connectivity index (χ3n) is 3.14. The summed E-state index contributed by atoms with van der Waals surface area (Å²) in [4.78, 5) is 0. The Labute approximate surface area is 115 Å². The van der Waals surface area contributed by atoms with Crippen molar-refractivity contribution in [2.45, 2.75) is 46.1 Å². The molecule has 19 heavy (non-hydrogen) atoms. The highest BCUT2D eigenvalue weighted by Gasteiger charge is 2.10. The van der Waals surface area contributed by atoms with Crippen LogP contribution in [0.2, 0.25) is 0 Å². The zero-order valence-corrected chi connectivity index (χ0v) is 12.3. The Hall–Kier alpha value is -1.45. The molecule has 1 rings (SSSR count). The molecular formula is C15H25FN2O. The maximum absolute atomic E-state index is 13.4. The third kappa shape index (κ3) is 4.97. The van der Waals surface area contributed by atoms with Crippen LogP contribution in [0.4, 0.5) is 15.8 Å². The number of anilines is 2. The molecule has 3 nitrogen and oxygen atoms in total. The summed E-state index contributed by atoms with van der Waals surface area (Å²) >= 11 is 0. The summed E-state index contributed by atoms with van der Waals surface area (Å²) in [5.41, 5.74) is 6.95.